The van der Waals surface area contributed by atoms with Gasteiger partial charge in [0, 0.05) is 6.92 Å². The van der Waals surface area contributed by atoms with Crippen molar-refractivity contribution in [2.75, 3.05) is 0 Å². The topological polar surface area (TPSA) is 58.5 Å². The largest absolute Gasteiger partial charge is 0.305 e. The average molecular weight is 264 g/mol. The maximum atomic E-state index is 13.0. The summed E-state index contributed by atoms with van der Waals surface area (Å²) in [6, 6.07) is 5.88. The monoisotopic (exact) mass is 264 g/mol. The molecule has 6 heteroatoms. The molecule has 0 bridgehead atoms. The van der Waals surface area contributed by atoms with E-state index < -0.39 is 5.91 Å². The van der Waals surface area contributed by atoms with Gasteiger partial charge in [0.15, 0.2) is 5.17 Å². The minimum absolute atomic E-state index is 0.246. The molecule has 1 aromatic carbocycles. The second-order valence-electron chi connectivity index (χ2n) is 3.57. The molecule has 0 atom stereocenters. The molecule has 4 nitrogen and oxygen atoms in total. The minimum Gasteiger partial charge on any atom is -0.305 e. The van der Waals surface area contributed by atoms with Crippen LogP contribution in [0.4, 0.5) is 4.39 Å². The van der Waals surface area contributed by atoms with E-state index in [0.29, 0.717) is 10.5 Å². The molecule has 0 spiro atoms. The molecule has 0 aromatic heterocycles. The molecule has 92 valence electrons. The number of halogens is 1. The molecule has 1 heterocycles. The van der Waals surface area contributed by atoms with Crippen LogP contribution in [0, 0.1) is 5.82 Å². The van der Waals surface area contributed by atoms with E-state index in [0.717, 1.165) is 11.8 Å². The first-order chi connectivity index (χ1) is 8.54. The van der Waals surface area contributed by atoms with Gasteiger partial charge in [0.2, 0.25) is 5.91 Å². The SMILES string of the molecule is CC(=O)NC1=NC(=O)C(=Cc2cccc(F)c2)S1. The number of hydrogen-bond acceptors (Lipinski definition) is 3. The summed E-state index contributed by atoms with van der Waals surface area (Å²) in [7, 11) is 0. The van der Waals surface area contributed by atoms with Gasteiger partial charge in [-0.3, -0.25) is 9.59 Å². The van der Waals surface area contributed by atoms with Crippen molar-refractivity contribution in [3.63, 3.8) is 0 Å². The van der Waals surface area contributed by atoms with Crippen molar-refractivity contribution in [1.29, 1.82) is 0 Å². The molecular formula is C12H9FN2O2S. The molecule has 1 N–H and O–H groups in total. The van der Waals surface area contributed by atoms with Gasteiger partial charge in [0.05, 0.1) is 4.91 Å². The summed E-state index contributed by atoms with van der Waals surface area (Å²) < 4.78 is 13.0. The van der Waals surface area contributed by atoms with Gasteiger partial charge >= 0.3 is 0 Å². The van der Waals surface area contributed by atoms with Crippen molar-refractivity contribution in [3.8, 4) is 0 Å². The molecule has 0 aliphatic carbocycles. The zero-order valence-electron chi connectivity index (χ0n) is 9.44. The van der Waals surface area contributed by atoms with E-state index in [1.807, 2.05) is 0 Å². The lowest BCUT2D eigenvalue weighted by Gasteiger charge is -1.98. The summed E-state index contributed by atoms with van der Waals surface area (Å²) in [5.41, 5.74) is 0.574. The lowest BCUT2D eigenvalue weighted by Crippen LogP contribution is -2.23. The molecule has 1 aliphatic rings. The lowest BCUT2D eigenvalue weighted by molar-refractivity contribution is -0.117. The standard InChI is InChI=1S/C12H9FN2O2S/c1-7(16)14-12-15-11(17)10(18-12)6-8-3-2-4-9(13)5-8/h2-6H,1H3,(H,14,15,16,17). The number of carbonyl (C=O) groups is 2. The van der Waals surface area contributed by atoms with Gasteiger partial charge in [-0.1, -0.05) is 12.1 Å². The van der Waals surface area contributed by atoms with E-state index in [2.05, 4.69) is 10.3 Å². The zero-order valence-corrected chi connectivity index (χ0v) is 10.3. The van der Waals surface area contributed by atoms with Crippen LogP contribution in [0.3, 0.4) is 0 Å². The van der Waals surface area contributed by atoms with E-state index >= 15 is 0 Å². The number of amides is 2. The van der Waals surface area contributed by atoms with Gasteiger partial charge in [-0.25, -0.2) is 4.39 Å². The smallest absolute Gasteiger partial charge is 0.286 e. The van der Waals surface area contributed by atoms with Crippen molar-refractivity contribution < 1.29 is 14.0 Å². The molecule has 2 rings (SSSR count). The first-order valence-corrected chi connectivity index (χ1v) is 5.92. The van der Waals surface area contributed by atoms with Gasteiger partial charge in [-0.2, -0.15) is 4.99 Å². The second-order valence-corrected chi connectivity index (χ2v) is 4.60. The van der Waals surface area contributed by atoms with Crippen LogP contribution in [0.25, 0.3) is 6.08 Å². The number of nitrogens with one attached hydrogen (secondary N) is 1. The number of thioether (sulfide) groups is 1. The lowest BCUT2D eigenvalue weighted by atomic mass is 10.2. The fourth-order valence-corrected chi connectivity index (χ4v) is 2.22. The van der Waals surface area contributed by atoms with Crippen LogP contribution < -0.4 is 5.32 Å². The number of amidine groups is 1. The van der Waals surface area contributed by atoms with Crippen LogP contribution >= 0.6 is 11.8 Å². The van der Waals surface area contributed by atoms with Crippen LogP contribution in [0.5, 0.6) is 0 Å². The van der Waals surface area contributed by atoms with Gasteiger partial charge in [-0.05, 0) is 35.5 Å². The Bertz CT molecular complexity index is 581. The van der Waals surface area contributed by atoms with Crippen LogP contribution in [0.2, 0.25) is 0 Å². The van der Waals surface area contributed by atoms with E-state index in [-0.39, 0.29) is 16.9 Å². The number of rotatable bonds is 1. The fraction of sp³-hybridized carbons (Fsp3) is 0.0833. The van der Waals surface area contributed by atoms with Crippen molar-refractivity contribution >= 4 is 34.8 Å². The summed E-state index contributed by atoms with van der Waals surface area (Å²) in [6.07, 6.45) is 1.54. The summed E-state index contributed by atoms with van der Waals surface area (Å²) >= 11 is 1.05. The molecular weight excluding hydrogens is 255 g/mol. The molecule has 0 radical (unpaired) electrons. The second kappa shape index (κ2) is 5.14. The highest BCUT2D eigenvalue weighted by Gasteiger charge is 2.22. The maximum absolute atomic E-state index is 13.0. The van der Waals surface area contributed by atoms with Crippen molar-refractivity contribution in [2.45, 2.75) is 6.92 Å². The van der Waals surface area contributed by atoms with E-state index in [1.165, 1.54) is 25.1 Å². The number of aliphatic imine (C=N–C) groups is 1. The molecule has 0 saturated heterocycles. The molecule has 18 heavy (non-hydrogen) atoms. The van der Waals surface area contributed by atoms with Gasteiger partial charge in [0.25, 0.3) is 5.91 Å². The third-order valence-corrected chi connectivity index (χ3v) is 2.95. The highest BCUT2D eigenvalue weighted by atomic mass is 32.2. The number of benzene rings is 1. The fourth-order valence-electron chi connectivity index (χ4n) is 1.36. The Labute approximate surface area is 107 Å². The molecule has 0 saturated carbocycles. The van der Waals surface area contributed by atoms with Crippen molar-refractivity contribution in [1.82, 2.24) is 5.32 Å². The number of carbonyl (C=O) groups excluding carboxylic acids is 2. The number of hydrogen-bond donors (Lipinski definition) is 1. The third-order valence-electron chi connectivity index (χ3n) is 2.05. The van der Waals surface area contributed by atoms with Crippen molar-refractivity contribution in [3.05, 3.63) is 40.6 Å². The summed E-state index contributed by atoms with van der Waals surface area (Å²) in [6.45, 7) is 1.34. The predicted molar refractivity (Wildman–Crippen MR) is 68.2 cm³/mol. The molecule has 1 aliphatic heterocycles. The molecule has 1 aromatic rings. The third kappa shape index (κ3) is 3.04. The van der Waals surface area contributed by atoms with Crippen LogP contribution in [-0.2, 0) is 9.59 Å². The van der Waals surface area contributed by atoms with Gasteiger partial charge in [-0.15, -0.1) is 0 Å². The Hall–Kier alpha value is -1.95. The Kier molecular flexibility index (Phi) is 3.57. The summed E-state index contributed by atoms with van der Waals surface area (Å²) in [5.74, 6) is -1.10. The van der Waals surface area contributed by atoms with Gasteiger partial charge < -0.3 is 5.32 Å². The minimum atomic E-state index is -0.437. The quantitative estimate of drug-likeness (QED) is 0.788. The highest BCUT2D eigenvalue weighted by molar-refractivity contribution is 8.18. The molecule has 0 fully saturated rings. The van der Waals surface area contributed by atoms with Crippen LogP contribution in [0.15, 0.2) is 34.2 Å². The maximum Gasteiger partial charge on any atom is 0.286 e. The van der Waals surface area contributed by atoms with E-state index in [9.17, 15) is 14.0 Å². The summed E-state index contributed by atoms with van der Waals surface area (Å²) in [4.78, 5) is 26.4. The first-order valence-electron chi connectivity index (χ1n) is 5.10. The molecule has 0 unspecified atom stereocenters. The Balaban J connectivity index is 2.17. The normalized spacial score (nSPS) is 16.9. The predicted octanol–water partition coefficient (Wildman–Crippen LogP) is 1.93. The Morgan fingerprint density at radius 2 is 2.28 bits per heavy atom. The van der Waals surface area contributed by atoms with Crippen LogP contribution in [-0.4, -0.2) is 17.0 Å². The summed E-state index contributed by atoms with van der Waals surface area (Å²) in [5, 5.41) is 2.68. The molecule has 2 amide bonds. The highest BCUT2D eigenvalue weighted by Crippen LogP contribution is 2.27. The van der Waals surface area contributed by atoms with Gasteiger partial charge in [0.1, 0.15) is 5.82 Å². The Morgan fingerprint density at radius 3 is 2.94 bits per heavy atom. The number of nitrogens with zero attached hydrogens (tertiary/aromatic N) is 1. The Morgan fingerprint density at radius 1 is 1.50 bits per heavy atom. The average Bonchev–Trinajstić information content (AvgIpc) is 2.58. The van der Waals surface area contributed by atoms with E-state index in [1.54, 1.807) is 12.1 Å². The van der Waals surface area contributed by atoms with Crippen molar-refractivity contribution in [2.24, 2.45) is 4.99 Å². The first kappa shape index (κ1) is 12.5. The van der Waals surface area contributed by atoms with E-state index in [4.69, 9.17) is 0 Å². The van der Waals surface area contributed by atoms with Crippen LogP contribution in [0.1, 0.15) is 12.5 Å². The zero-order chi connectivity index (χ0) is 13.1.